The van der Waals surface area contributed by atoms with Gasteiger partial charge in [0.2, 0.25) is 11.9 Å². The number of halogens is 2. The molecule has 8 nitrogen and oxygen atoms in total. The van der Waals surface area contributed by atoms with Crippen LogP contribution in [0.4, 0.5) is 37.6 Å². The molecule has 166 valence electrons. The molecule has 0 fully saturated rings. The Labute approximate surface area is 188 Å². The van der Waals surface area contributed by atoms with Gasteiger partial charge in [-0.15, -0.1) is 0 Å². The van der Waals surface area contributed by atoms with Crippen LogP contribution in [0, 0.1) is 11.6 Å². The predicted octanol–water partition coefficient (Wildman–Crippen LogP) is 4.77. The number of carbonyl (C=O) groups is 1. The average Bonchev–Trinajstić information content (AvgIpc) is 3.21. The topological polar surface area (TPSA) is 96.8 Å². The third-order valence-electron chi connectivity index (χ3n) is 4.59. The molecule has 0 saturated heterocycles. The summed E-state index contributed by atoms with van der Waals surface area (Å²) in [5, 5.41) is 12.5. The van der Waals surface area contributed by atoms with Gasteiger partial charge in [0.1, 0.15) is 17.5 Å². The molecule has 0 spiro atoms. The van der Waals surface area contributed by atoms with Crippen LogP contribution in [0.5, 0.6) is 0 Å². The van der Waals surface area contributed by atoms with Crippen LogP contribution in [-0.4, -0.2) is 25.7 Å². The van der Waals surface area contributed by atoms with Crippen molar-refractivity contribution in [1.82, 2.24) is 19.7 Å². The van der Waals surface area contributed by atoms with Crippen molar-refractivity contribution in [2.24, 2.45) is 7.05 Å². The molecule has 4 aromatic rings. The Morgan fingerprint density at radius 2 is 1.85 bits per heavy atom. The fourth-order valence-corrected chi connectivity index (χ4v) is 3.05. The van der Waals surface area contributed by atoms with Gasteiger partial charge in [0.05, 0.1) is 17.6 Å². The lowest BCUT2D eigenvalue weighted by Gasteiger charge is -2.15. The van der Waals surface area contributed by atoms with E-state index in [9.17, 15) is 13.6 Å². The molecule has 0 aliphatic heterocycles. The van der Waals surface area contributed by atoms with Gasteiger partial charge in [0, 0.05) is 36.3 Å². The van der Waals surface area contributed by atoms with Crippen LogP contribution < -0.4 is 16.0 Å². The number of carbonyl (C=O) groups excluding carboxylic acids is 1. The molecule has 4 rings (SSSR count). The molecule has 1 amide bonds. The second-order valence-corrected chi connectivity index (χ2v) is 6.98. The van der Waals surface area contributed by atoms with E-state index in [1.54, 1.807) is 42.3 Å². The summed E-state index contributed by atoms with van der Waals surface area (Å²) in [6.45, 7) is 3.40. The van der Waals surface area contributed by atoms with E-state index in [0.29, 0.717) is 16.9 Å². The summed E-state index contributed by atoms with van der Waals surface area (Å²) in [6, 6.07) is 10.1. The summed E-state index contributed by atoms with van der Waals surface area (Å²) < 4.78 is 30.7. The number of anilines is 5. The fraction of sp³-hybridized carbons (Fsp3) is 0.0435. The molecule has 3 N–H and O–H groups in total. The highest BCUT2D eigenvalue weighted by molar-refractivity contribution is 5.99. The van der Waals surface area contributed by atoms with Gasteiger partial charge in [-0.05, 0) is 30.3 Å². The van der Waals surface area contributed by atoms with Gasteiger partial charge in [0.15, 0.2) is 0 Å². The van der Waals surface area contributed by atoms with Gasteiger partial charge in [-0.25, -0.2) is 13.8 Å². The third-order valence-corrected chi connectivity index (χ3v) is 4.59. The van der Waals surface area contributed by atoms with Gasteiger partial charge in [-0.2, -0.15) is 10.1 Å². The maximum atomic E-state index is 14.6. The first-order valence-corrected chi connectivity index (χ1v) is 9.80. The second kappa shape index (κ2) is 9.27. The van der Waals surface area contributed by atoms with Crippen molar-refractivity contribution >= 4 is 34.7 Å². The molecule has 2 aromatic heterocycles. The smallest absolute Gasteiger partial charge is 0.247 e. The molecule has 0 aliphatic rings. The third kappa shape index (κ3) is 5.01. The summed E-state index contributed by atoms with van der Waals surface area (Å²) in [5.41, 5.74) is 1.58. The Morgan fingerprint density at radius 3 is 2.58 bits per heavy atom. The Bertz CT molecular complexity index is 1340. The van der Waals surface area contributed by atoms with E-state index in [2.05, 4.69) is 37.6 Å². The van der Waals surface area contributed by atoms with Crippen molar-refractivity contribution in [3.8, 4) is 11.1 Å². The summed E-state index contributed by atoms with van der Waals surface area (Å²) in [5.74, 6) is -1.16. The van der Waals surface area contributed by atoms with Crippen LogP contribution in [0.1, 0.15) is 0 Å². The van der Waals surface area contributed by atoms with Crippen molar-refractivity contribution in [3.63, 3.8) is 0 Å². The Balaban J connectivity index is 1.75. The summed E-state index contributed by atoms with van der Waals surface area (Å²) in [4.78, 5) is 20.3. The van der Waals surface area contributed by atoms with Crippen molar-refractivity contribution in [2.75, 3.05) is 16.0 Å². The highest BCUT2D eigenvalue weighted by Crippen LogP contribution is 2.32. The Morgan fingerprint density at radius 1 is 1.03 bits per heavy atom. The van der Waals surface area contributed by atoms with Crippen LogP contribution in [0.3, 0.4) is 0 Å². The SMILES string of the molecule is C=CC(=O)Nc1ccc(F)c(Nc2nc(Nc3cnn(C)c3)ncc2-c2ccccc2F)c1. The number of aryl methyl sites for hydroxylation is 1. The molecule has 10 heteroatoms. The van der Waals surface area contributed by atoms with Crippen LogP contribution >= 0.6 is 0 Å². The van der Waals surface area contributed by atoms with Crippen molar-refractivity contribution in [3.05, 3.63) is 85.3 Å². The summed E-state index contributed by atoms with van der Waals surface area (Å²) in [7, 11) is 1.77. The van der Waals surface area contributed by atoms with Gasteiger partial charge >= 0.3 is 0 Å². The van der Waals surface area contributed by atoms with E-state index < -0.39 is 17.5 Å². The second-order valence-electron chi connectivity index (χ2n) is 6.98. The lowest BCUT2D eigenvalue weighted by atomic mass is 10.1. The zero-order valence-electron chi connectivity index (χ0n) is 17.5. The lowest BCUT2D eigenvalue weighted by Crippen LogP contribution is -2.08. The average molecular weight is 447 g/mol. The van der Waals surface area contributed by atoms with E-state index in [0.717, 1.165) is 6.08 Å². The molecule has 0 unspecified atom stereocenters. The molecule has 0 radical (unpaired) electrons. The zero-order chi connectivity index (χ0) is 23.4. The molecule has 0 aliphatic carbocycles. The summed E-state index contributed by atoms with van der Waals surface area (Å²) >= 11 is 0. The van der Waals surface area contributed by atoms with Gasteiger partial charge in [0.25, 0.3) is 0 Å². The minimum absolute atomic E-state index is 0.0282. The molecular formula is C23H19F2N7O. The van der Waals surface area contributed by atoms with Gasteiger partial charge < -0.3 is 16.0 Å². The van der Waals surface area contributed by atoms with Gasteiger partial charge in [-0.1, -0.05) is 24.8 Å². The van der Waals surface area contributed by atoms with Crippen LogP contribution in [0.25, 0.3) is 11.1 Å². The number of hydrogen-bond acceptors (Lipinski definition) is 6. The minimum atomic E-state index is -0.591. The fourth-order valence-electron chi connectivity index (χ4n) is 3.05. The largest absolute Gasteiger partial charge is 0.337 e. The number of nitrogens with zero attached hydrogens (tertiary/aromatic N) is 4. The number of benzene rings is 2. The van der Waals surface area contributed by atoms with E-state index in [4.69, 9.17) is 0 Å². The van der Waals surface area contributed by atoms with Crippen LogP contribution in [0.15, 0.2) is 73.7 Å². The van der Waals surface area contributed by atoms with E-state index in [-0.39, 0.29) is 23.0 Å². The van der Waals surface area contributed by atoms with Crippen LogP contribution in [0.2, 0.25) is 0 Å². The van der Waals surface area contributed by atoms with Gasteiger partial charge in [-0.3, -0.25) is 9.48 Å². The minimum Gasteiger partial charge on any atom is -0.337 e. The zero-order valence-corrected chi connectivity index (χ0v) is 17.5. The first-order chi connectivity index (χ1) is 15.9. The maximum Gasteiger partial charge on any atom is 0.247 e. The number of aromatic nitrogens is 4. The normalized spacial score (nSPS) is 10.5. The van der Waals surface area contributed by atoms with E-state index >= 15 is 0 Å². The molecule has 2 heterocycles. The monoisotopic (exact) mass is 447 g/mol. The van der Waals surface area contributed by atoms with Crippen molar-refractivity contribution in [1.29, 1.82) is 0 Å². The molecule has 0 atom stereocenters. The van der Waals surface area contributed by atoms with Crippen molar-refractivity contribution in [2.45, 2.75) is 0 Å². The standard InChI is InChI=1S/C23H19F2N7O/c1-3-21(33)28-14-8-9-19(25)20(10-14)30-22-17(16-6-4-5-7-18(16)24)12-26-23(31-22)29-15-11-27-32(2)13-15/h3-13H,1H2,2H3,(H,28,33)(H2,26,29,30,31). The first kappa shape index (κ1) is 21.6. The Hall–Kier alpha value is -4.60. The van der Waals surface area contributed by atoms with Crippen molar-refractivity contribution < 1.29 is 13.6 Å². The molecule has 33 heavy (non-hydrogen) atoms. The maximum absolute atomic E-state index is 14.6. The predicted molar refractivity (Wildman–Crippen MR) is 122 cm³/mol. The molecule has 2 aromatic carbocycles. The quantitative estimate of drug-likeness (QED) is 0.353. The molecule has 0 bridgehead atoms. The summed E-state index contributed by atoms with van der Waals surface area (Å²) in [6.07, 6.45) is 5.86. The highest BCUT2D eigenvalue weighted by atomic mass is 19.1. The number of rotatable bonds is 7. The molecular weight excluding hydrogens is 428 g/mol. The van der Waals surface area contributed by atoms with E-state index in [1.165, 1.54) is 30.5 Å². The highest BCUT2D eigenvalue weighted by Gasteiger charge is 2.16. The molecule has 0 saturated carbocycles. The van der Waals surface area contributed by atoms with Crippen LogP contribution in [-0.2, 0) is 11.8 Å². The van der Waals surface area contributed by atoms with E-state index in [1.807, 2.05) is 0 Å². The number of nitrogens with one attached hydrogen (secondary N) is 3. The first-order valence-electron chi connectivity index (χ1n) is 9.80. The number of amides is 1. The Kier molecular flexibility index (Phi) is 6.07. The number of hydrogen-bond donors (Lipinski definition) is 3. The lowest BCUT2D eigenvalue weighted by molar-refractivity contribution is -0.111.